The summed E-state index contributed by atoms with van der Waals surface area (Å²) in [4.78, 5) is 27.2. The quantitative estimate of drug-likeness (QED) is 0.320. The predicted octanol–water partition coefficient (Wildman–Crippen LogP) is 2.55. The molecule has 1 atom stereocenters. The minimum atomic E-state index is -0.306. The van der Waals surface area contributed by atoms with Crippen LogP contribution in [0.2, 0.25) is 0 Å². The summed E-state index contributed by atoms with van der Waals surface area (Å²) in [5.74, 6) is -0.00857. The average molecular weight is 494 g/mol. The fraction of sp³-hybridized carbons (Fsp3) is 0.423. The molecule has 0 radical (unpaired) electrons. The second-order valence-electron chi connectivity index (χ2n) is 8.79. The van der Waals surface area contributed by atoms with Gasteiger partial charge in [0.25, 0.3) is 5.91 Å². The van der Waals surface area contributed by atoms with Crippen molar-refractivity contribution in [1.82, 2.24) is 25.1 Å². The van der Waals surface area contributed by atoms with Gasteiger partial charge in [0.2, 0.25) is 0 Å². The van der Waals surface area contributed by atoms with Gasteiger partial charge < -0.3 is 19.5 Å². The summed E-state index contributed by atoms with van der Waals surface area (Å²) < 4.78 is 12.4. The third-order valence-corrected chi connectivity index (χ3v) is 6.51. The summed E-state index contributed by atoms with van der Waals surface area (Å²) in [7, 11) is 0. The van der Waals surface area contributed by atoms with Crippen LogP contribution in [0.4, 0.5) is 0 Å². The molecule has 0 saturated carbocycles. The maximum Gasteiger partial charge on any atom is 0.305 e. The number of hydrogen-bond donors (Lipinski definition) is 1. The van der Waals surface area contributed by atoms with Crippen LogP contribution < -0.4 is 4.74 Å². The molecule has 2 aromatic carbocycles. The standard InChI is InChI=1S/C26H31N5O5/c1-2-35-24(33)9-6-16-36-23-11-10-21(31-19-27-28-29-31)17-22(23)25(34)30-14-12-26(18-30,13-15-32)20-7-4-3-5-8-20/h3-5,7-8,10-11,17,19,32H,2,6,9,12-16,18H2,1H3. The smallest absolute Gasteiger partial charge is 0.305 e. The first kappa shape index (κ1) is 25.3. The van der Waals surface area contributed by atoms with E-state index in [4.69, 9.17) is 9.47 Å². The molecule has 1 aliphatic rings. The highest BCUT2D eigenvalue weighted by Gasteiger charge is 2.41. The number of carbonyl (C=O) groups is 2. The average Bonchev–Trinajstić information content (AvgIpc) is 3.59. The van der Waals surface area contributed by atoms with Crippen LogP contribution in [0, 0.1) is 0 Å². The van der Waals surface area contributed by atoms with E-state index in [2.05, 4.69) is 27.7 Å². The van der Waals surface area contributed by atoms with Crippen molar-refractivity contribution in [3.05, 3.63) is 66.0 Å². The largest absolute Gasteiger partial charge is 0.493 e. The van der Waals surface area contributed by atoms with Crippen molar-refractivity contribution < 1.29 is 24.2 Å². The summed E-state index contributed by atoms with van der Waals surface area (Å²) in [6.07, 6.45) is 3.50. The summed E-state index contributed by atoms with van der Waals surface area (Å²) in [6.45, 7) is 3.47. The highest BCUT2D eigenvalue weighted by molar-refractivity contribution is 5.98. The summed E-state index contributed by atoms with van der Waals surface area (Å²) in [6, 6.07) is 15.3. The van der Waals surface area contributed by atoms with Gasteiger partial charge in [-0.1, -0.05) is 30.3 Å². The highest BCUT2D eigenvalue weighted by atomic mass is 16.5. The Kier molecular flexibility index (Phi) is 8.27. The zero-order chi connectivity index (χ0) is 25.4. The van der Waals surface area contributed by atoms with E-state index >= 15 is 0 Å². The summed E-state index contributed by atoms with van der Waals surface area (Å²) >= 11 is 0. The summed E-state index contributed by atoms with van der Waals surface area (Å²) in [5.41, 5.74) is 1.84. The first-order valence-corrected chi connectivity index (χ1v) is 12.2. The molecule has 1 aromatic heterocycles. The van der Waals surface area contributed by atoms with Gasteiger partial charge in [0.05, 0.1) is 24.5 Å². The Balaban J connectivity index is 1.55. The summed E-state index contributed by atoms with van der Waals surface area (Å²) in [5, 5.41) is 21.1. The van der Waals surface area contributed by atoms with Gasteiger partial charge in [0.1, 0.15) is 12.1 Å². The third kappa shape index (κ3) is 5.71. The fourth-order valence-electron chi connectivity index (χ4n) is 4.67. The number of ether oxygens (including phenoxy) is 2. The SMILES string of the molecule is CCOC(=O)CCCOc1ccc(-n2cnnn2)cc1C(=O)N1CCC(CCO)(c2ccccc2)C1. The molecule has 1 unspecified atom stereocenters. The van der Waals surface area contributed by atoms with Crippen molar-refractivity contribution in [2.24, 2.45) is 0 Å². The lowest BCUT2D eigenvalue weighted by Crippen LogP contribution is -2.35. The molecule has 190 valence electrons. The van der Waals surface area contributed by atoms with Gasteiger partial charge >= 0.3 is 5.97 Å². The molecule has 36 heavy (non-hydrogen) atoms. The van der Waals surface area contributed by atoms with Crippen molar-refractivity contribution in [2.45, 2.75) is 38.0 Å². The van der Waals surface area contributed by atoms with Crippen LogP contribution in [-0.2, 0) is 14.9 Å². The number of rotatable bonds is 11. The number of aliphatic hydroxyl groups excluding tert-OH is 1. The number of amides is 1. The Hall–Kier alpha value is -3.79. The lowest BCUT2D eigenvalue weighted by Gasteiger charge is -2.29. The van der Waals surface area contributed by atoms with Crippen molar-refractivity contribution in [3.8, 4) is 11.4 Å². The molecule has 10 nitrogen and oxygen atoms in total. The molecule has 1 saturated heterocycles. The highest BCUT2D eigenvalue weighted by Crippen LogP contribution is 2.39. The number of aromatic nitrogens is 4. The lowest BCUT2D eigenvalue weighted by molar-refractivity contribution is -0.143. The number of likely N-dealkylation sites (tertiary alicyclic amines) is 1. The molecule has 0 aliphatic carbocycles. The van der Waals surface area contributed by atoms with Crippen molar-refractivity contribution >= 4 is 11.9 Å². The number of nitrogens with zero attached hydrogens (tertiary/aromatic N) is 5. The van der Waals surface area contributed by atoms with Gasteiger partial charge in [0.15, 0.2) is 0 Å². The normalized spacial score (nSPS) is 17.2. The van der Waals surface area contributed by atoms with Gasteiger partial charge in [0, 0.05) is 31.5 Å². The minimum absolute atomic E-state index is 0.0422. The number of carbonyl (C=O) groups excluding carboxylic acids is 2. The molecule has 0 bridgehead atoms. The lowest BCUT2D eigenvalue weighted by atomic mass is 9.77. The van der Waals surface area contributed by atoms with Crippen LogP contribution in [0.5, 0.6) is 5.75 Å². The van der Waals surface area contributed by atoms with Crippen LogP contribution >= 0.6 is 0 Å². The first-order valence-electron chi connectivity index (χ1n) is 12.2. The van der Waals surface area contributed by atoms with Crippen LogP contribution in [-0.4, -0.2) is 75.0 Å². The number of tetrazole rings is 1. The third-order valence-electron chi connectivity index (χ3n) is 6.51. The monoisotopic (exact) mass is 493 g/mol. The van der Waals surface area contributed by atoms with Gasteiger partial charge in [-0.25, -0.2) is 4.68 Å². The molecule has 4 rings (SSSR count). The van der Waals surface area contributed by atoms with E-state index in [-0.39, 0.29) is 36.9 Å². The first-order chi connectivity index (χ1) is 17.6. The van der Waals surface area contributed by atoms with E-state index in [9.17, 15) is 14.7 Å². The van der Waals surface area contributed by atoms with E-state index in [0.29, 0.717) is 49.5 Å². The predicted molar refractivity (Wildman–Crippen MR) is 131 cm³/mol. The number of aliphatic hydroxyl groups is 1. The number of hydrogen-bond acceptors (Lipinski definition) is 8. The molecule has 1 N–H and O–H groups in total. The van der Waals surface area contributed by atoms with Gasteiger partial charge in [-0.3, -0.25) is 9.59 Å². The van der Waals surface area contributed by atoms with E-state index in [1.165, 1.54) is 11.0 Å². The molecular formula is C26H31N5O5. The number of benzene rings is 2. The Bertz CT molecular complexity index is 1150. The van der Waals surface area contributed by atoms with Crippen molar-refractivity contribution in [1.29, 1.82) is 0 Å². The Morgan fingerprint density at radius 3 is 2.72 bits per heavy atom. The molecule has 10 heteroatoms. The zero-order valence-corrected chi connectivity index (χ0v) is 20.4. The molecule has 3 aromatic rings. The van der Waals surface area contributed by atoms with Gasteiger partial charge in [-0.05, 0) is 60.4 Å². The Labute approximate surface area is 209 Å². The number of esters is 1. The second kappa shape index (κ2) is 11.8. The van der Waals surface area contributed by atoms with Crippen molar-refractivity contribution in [3.63, 3.8) is 0 Å². The van der Waals surface area contributed by atoms with E-state index in [0.717, 1.165) is 12.0 Å². The van der Waals surface area contributed by atoms with E-state index in [1.54, 1.807) is 25.1 Å². The zero-order valence-electron chi connectivity index (χ0n) is 20.4. The van der Waals surface area contributed by atoms with E-state index < -0.39 is 0 Å². The van der Waals surface area contributed by atoms with Gasteiger partial charge in [-0.15, -0.1) is 5.10 Å². The molecule has 2 heterocycles. The minimum Gasteiger partial charge on any atom is -0.493 e. The van der Waals surface area contributed by atoms with Gasteiger partial charge in [-0.2, -0.15) is 0 Å². The molecule has 1 fully saturated rings. The molecule has 1 amide bonds. The van der Waals surface area contributed by atoms with Crippen LogP contribution in [0.3, 0.4) is 0 Å². The van der Waals surface area contributed by atoms with E-state index in [1.807, 2.05) is 23.1 Å². The molecule has 1 aliphatic heterocycles. The molecular weight excluding hydrogens is 462 g/mol. The maximum atomic E-state index is 13.8. The topological polar surface area (TPSA) is 120 Å². The second-order valence-corrected chi connectivity index (χ2v) is 8.79. The van der Waals surface area contributed by atoms with Crippen LogP contribution in [0.15, 0.2) is 54.9 Å². The maximum absolute atomic E-state index is 13.8. The van der Waals surface area contributed by atoms with Crippen molar-refractivity contribution in [2.75, 3.05) is 32.9 Å². The Morgan fingerprint density at radius 1 is 1.17 bits per heavy atom. The fourth-order valence-corrected chi connectivity index (χ4v) is 4.67. The van der Waals surface area contributed by atoms with Crippen LogP contribution in [0.1, 0.15) is 48.5 Å². The Morgan fingerprint density at radius 2 is 2.00 bits per heavy atom. The van der Waals surface area contributed by atoms with Crippen LogP contribution in [0.25, 0.3) is 5.69 Å². The molecule has 0 spiro atoms.